The van der Waals surface area contributed by atoms with Crippen LogP contribution in [0.15, 0.2) is 12.3 Å². The Kier molecular flexibility index (Phi) is 8.88. The van der Waals surface area contributed by atoms with Crippen molar-refractivity contribution in [3.8, 4) is 0 Å². The molecule has 0 amide bonds. The van der Waals surface area contributed by atoms with E-state index >= 15 is 0 Å². The predicted molar refractivity (Wildman–Crippen MR) is 85.8 cm³/mol. The van der Waals surface area contributed by atoms with Crippen molar-refractivity contribution in [3.05, 3.63) is 28.0 Å². The van der Waals surface area contributed by atoms with Crippen LogP contribution < -0.4 is 0 Å². The largest absolute Gasteiger partial charge is 0.292 e. The molecule has 0 bridgehead atoms. The highest BCUT2D eigenvalue weighted by Crippen LogP contribution is 2.20. The lowest BCUT2D eigenvalue weighted by molar-refractivity contribution is 0.0974. The summed E-state index contributed by atoms with van der Waals surface area (Å²) in [6, 6.07) is 1.57. The second-order valence-electron chi connectivity index (χ2n) is 5.13. The molecule has 1 aromatic heterocycles. The molecule has 2 nitrogen and oxygen atoms in total. The molecular weight excluding hydrogens is 293 g/mol. The number of unbranched alkanes of at least 4 members (excludes halogenated alkanes) is 7. The van der Waals surface area contributed by atoms with E-state index in [1.54, 1.807) is 6.07 Å². The van der Waals surface area contributed by atoms with Gasteiger partial charge in [0.2, 0.25) is 0 Å². The zero-order chi connectivity index (χ0) is 14.8. The third-order valence-corrected chi connectivity index (χ3v) is 3.82. The lowest BCUT2D eigenvalue weighted by Gasteiger charge is -2.03. The van der Waals surface area contributed by atoms with Crippen LogP contribution >= 0.6 is 23.2 Å². The molecule has 0 aliphatic rings. The van der Waals surface area contributed by atoms with E-state index in [1.165, 1.54) is 44.7 Å². The van der Waals surface area contributed by atoms with E-state index in [2.05, 4.69) is 11.9 Å². The Labute approximate surface area is 131 Å². The van der Waals surface area contributed by atoms with Crippen LogP contribution in [0.2, 0.25) is 10.0 Å². The lowest BCUT2D eigenvalue weighted by atomic mass is 10.1. The number of rotatable bonds is 10. The van der Waals surface area contributed by atoms with Gasteiger partial charge in [-0.3, -0.25) is 9.78 Å². The maximum absolute atomic E-state index is 12.0. The summed E-state index contributed by atoms with van der Waals surface area (Å²) in [6.45, 7) is 2.22. The van der Waals surface area contributed by atoms with E-state index in [0.717, 1.165) is 12.8 Å². The first-order chi connectivity index (χ1) is 9.65. The SMILES string of the molecule is CCCCCCCCCCC(=O)c1ncc(Cl)cc1Cl. The van der Waals surface area contributed by atoms with Crippen LogP contribution in [0, 0.1) is 0 Å². The van der Waals surface area contributed by atoms with Crippen LogP contribution in [-0.4, -0.2) is 10.8 Å². The summed E-state index contributed by atoms with van der Waals surface area (Å²) < 4.78 is 0. The van der Waals surface area contributed by atoms with E-state index in [4.69, 9.17) is 23.2 Å². The van der Waals surface area contributed by atoms with E-state index in [1.807, 2.05) is 0 Å². The van der Waals surface area contributed by atoms with Crippen LogP contribution in [0.1, 0.15) is 75.2 Å². The van der Waals surface area contributed by atoms with Crippen molar-refractivity contribution in [1.82, 2.24) is 4.98 Å². The summed E-state index contributed by atoms with van der Waals surface area (Å²) in [4.78, 5) is 16.0. The fourth-order valence-corrected chi connectivity index (χ4v) is 2.64. The Morgan fingerprint density at radius 1 is 1.05 bits per heavy atom. The molecule has 1 heterocycles. The van der Waals surface area contributed by atoms with Gasteiger partial charge in [0.1, 0.15) is 5.69 Å². The zero-order valence-corrected chi connectivity index (χ0v) is 13.6. The number of ketones is 1. The number of nitrogens with zero attached hydrogens (tertiary/aromatic N) is 1. The van der Waals surface area contributed by atoms with Crippen molar-refractivity contribution >= 4 is 29.0 Å². The quantitative estimate of drug-likeness (QED) is 0.385. The molecule has 0 aliphatic carbocycles. The van der Waals surface area contributed by atoms with Gasteiger partial charge in [-0.05, 0) is 12.5 Å². The van der Waals surface area contributed by atoms with E-state index in [0.29, 0.717) is 22.2 Å². The maximum atomic E-state index is 12.0. The topological polar surface area (TPSA) is 30.0 Å². The van der Waals surface area contributed by atoms with Crippen LogP contribution in [0.3, 0.4) is 0 Å². The fraction of sp³-hybridized carbons (Fsp3) is 0.625. The summed E-state index contributed by atoms with van der Waals surface area (Å²) in [5.41, 5.74) is 0.346. The molecule has 112 valence electrons. The standard InChI is InChI=1S/C16H23Cl2NO/c1-2-3-4-5-6-7-8-9-10-15(20)16-14(18)11-13(17)12-19-16/h11-12H,2-10H2,1H3. The van der Waals surface area contributed by atoms with Gasteiger partial charge in [-0.1, -0.05) is 75.1 Å². The number of hydrogen-bond donors (Lipinski definition) is 0. The number of carbonyl (C=O) groups is 1. The van der Waals surface area contributed by atoms with Gasteiger partial charge in [0.15, 0.2) is 5.78 Å². The minimum atomic E-state index is 0.0117. The summed E-state index contributed by atoms with van der Waals surface area (Å²) in [7, 11) is 0. The van der Waals surface area contributed by atoms with Gasteiger partial charge < -0.3 is 0 Å². The smallest absolute Gasteiger partial charge is 0.182 e. The summed E-state index contributed by atoms with van der Waals surface area (Å²) in [5, 5.41) is 0.806. The summed E-state index contributed by atoms with van der Waals surface area (Å²) in [5.74, 6) is 0.0117. The second-order valence-corrected chi connectivity index (χ2v) is 5.98. The van der Waals surface area contributed by atoms with Gasteiger partial charge in [-0.15, -0.1) is 0 Å². The minimum absolute atomic E-state index is 0.0117. The molecule has 0 aromatic carbocycles. The third kappa shape index (κ3) is 6.71. The Balaban J connectivity index is 2.17. The number of carbonyl (C=O) groups excluding carboxylic acids is 1. The molecule has 0 saturated heterocycles. The highest BCUT2D eigenvalue weighted by Gasteiger charge is 2.11. The Morgan fingerprint density at radius 2 is 1.65 bits per heavy atom. The molecule has 0 aliphatic heterocycles. The maximum Gasteiger partial charge on any atom is 0.182 e. The summed E-state index contributed by atoms with van der Waals surface area (Å²) >= 11 is 11.7. The van der Waals surface area contributed by atoms with Gasteiger partial charge in [0.05, 0.1) is 10.0 Å². The molecule has 0 saturated carbocycles. The zero-order valence-electron chi connectivity index (χ0n) is 12.1. The number of aromatic nitrogens is 1. The van der Waals surface area contributed by atoms with Crippen molar-refractivity contribution in [3.63, 3.8) is 0 Å². The number of pyridine rings is 1. The van der Waals surface area contributed by atoms with Crippen molar-refractivity contribution in [2.45, 2.75) is 64.7 Å². The molecule has 1 rings (SSSR count). The van der Waals surface area contributed by atoms with E-state index in [9.17, 15) is 4.79 Å². The van der Waals surface area contributed by atoms with E-state index in [-0.39, 0.29) is 5.78 Å². The Morgan fingerprint density at radius 3 is 2.25 bits per heavy atom. The van der Waals surface area contributed by atoms with Crippen molar-refractivity contribution < 1.29 is 4.79 Å². The molecule has 1 aromatic rings. The first-order valence-corrected chi connectivity index (χ1v) is 8.25. The number of halogens is 2. The molecule has 0 radical (unpaired) electrons. The van der Waals surface area contributed by atoms with Crippen molar-refractivity contribution in [2.75, 3.05) is 0 Å². The summed E-state index contributed by atoms with van der Waals surface area (Å²) in [6.07, 6.45) is 11.7. The van der Waals surface area contributed by atoms with Crippen LogP contribution in [-0.2, 0) is 0 Å². The first-order valence-electron chi connectivity index (χ1n) is 7.49. The molecule has 0 N–H and O–H groups in total. The molecule has 20 heavy (non-hydrogen) atoms. The second kappa shape index (κ2) is 10.2. The molecule has 0 fully saturated rings. The van der Waals surface area contributed by atoms with E-state index < -0.39 is 0 Å². The van der Waals surface area contributed by atoms with Gasteiger partial charge in [-0.25, -0.2) is 0 Å². The average Bonchev–Trinajstić information content (AvgIpc) is 2.41. The Bertz CT molecular complexity index is 421. The predicted octanol–water partition coefficient (Wildman–Crippen LogP) is 6.10. The molecule has 0 unspecified atom stereocenters. The molecule has 0 atom stereocenters. The molecule has 4 heteroatoms. The lowest BCUT2D eigenvalue weighted by Crippen LogP contribution is -2.03. The first kappa shape index (κ1) is 17.5. The number of Topliss-reactive ketones (excluding diaryl/α,β-unsaturated/α-hetero) is 1. The fourth-order valence-electron chi connectivity index (χ4n) is 2.16. The highest BCUT2D eigenvalue weighted by molar-refractivity contribution is 6.36. The van der Waals surface area contributed by atoms with Crippen LogP contribution in [0.4, 0.5) is 0 Å². The van der Waals surface area contributed by atoms with Crippen LogP contribution in [0.25, 0.3) is 0 Å². The van der Waals surface area contributed by atoms with Crippen molar-refractivity contribution in [1.29, 1.82) is 0 Å². The van der Waals surface area contributed by atoms with Crippen LogP contribution in [0.5, 0.6) is 0 Å². The van der Waals surface area contributed by atoms with Gasteiger partial charge in [-0.2, -0.15) is 0 Å². The molecule has 0 spiro atoms. The van der Waals surface area contributed by atoms with Gasteiger partial charge in [0.25, 0.3) is 0 Å². The highest BCUT2D eigenvalue weighted by atomic mass is 35.5. The third-order valence-electron chi connectivity index (χ3n) is 3.33. The number of hydrogen-bond acceptors (Lipinski definition) is 2. The average molecular weight is 316 g/mol. The Hall–Kier alpha value is -0.600. The van der Waals surface area contributed by atoms with Crippen molar-refractivity contribution in [2.24, 2.45) is 0 Å². The normalized spacial score (nSPS) is 10.8. The van der Waals surface area contributed by atoms with Gasteiger partial charge in [0, 0.05) is 12.6 Å². The molecular formula is C16H23Cl2NO. The monoisotopic (exact) mass is 315 g/mol. The van der Waals surface area contributed by atoms with Gasteiger partial charge >= 0.3 is 0 Å². The minimum Gasteiger partial charge on any atom is -0.292 e.